The summed E-state index contributed by atoms with van der Waals surface area (Å²) in [6.45, 7) is 4.67. The molecule has 3 heterocycles. The largest absolute Gasteiger partial charge is 0.382 e. The molecule has 0 aromatic carbocycles. The van der Waals surface area contributed by atoms with Crippen LogP contribution in [0.25, 0.3) is 11.2 Å². The number of amides is 1. The quantitative estimate of drug-likeness (QED) is 0.918. The molecule has 1 unspecified atom stereocenters. The number of hydrogen-bond donors (Lipinski definition) is 1. The molecule has 1 aliphatic heterocycles. The van der Waals surface area contributed by atoms with E-state index in [1.165, 1.54) is 6.33 Å². The Hall–Kier alpha value is -2.51. The molecule has 1 saturated heterocycles. The van der Waals surface area contributed by atoms with E-state index in [0.717, 1.165) is 12.8 Å². The van der Waals surface area contributed by atoms with Crippen LogP contribution in [0.15, 0.2) is 25.1 Å². The zero-order chi connectivity index (χ0) is 17.6. The lowest BCUT2D eigenvalue weighted by atomic mass is 9.66. The minimum absolute atomic E-state index is 0.000407. The fraction of sp³-hybridized carbons (Fsp3) is 0.529. The van der Waals surface area contributed by atoms with Crippen LogP contribution in [0.4, 0.5) is 10.2 Å². The van der Waals surface area contributed by atoms with Gasteiger partial charge >= 0.3 is 0 Å². The average Bonchev–Trinajstić information content (AvgIpc) is 3.17. The van der Waals surface area contributed by atoms with Crippen LogP contribution < -0.4 is 5.73 Å². The number of fused-ring (bicyclic) bond motifs is 1. The van der Waals surface area contributed by atoms with Crippen molar-refractivity contribution in [2.24, 2.45) is 5.41 Å². The average molecular weight is 344 g/mol. The summed E-state index contributed by atoms with van der Waals surface area (Å²) in [5, 5.41) is 0. The molecule has 25 heavy (non-hydrogen) atoms. The molecule has 132 valence electrons. The van der Waals surface area contributed by atoms with Gasteiger partial charge in [-0.25, -0.2) is 19.3 Å². The third-order valence-electron chi connectivity index (χ3n) is 5.67. The molecule has 2 aromatic heterocycles. The van der Waals surface area contributed by atoms with E-state index < -0.39 is 5.41 Å². The predicted molar refractivity (Wildman–Crippen MR) is 91.1 cm³/mol. The molecule has 1 saturated carbocycles. The number of anilines is 1. The van der Waals surface area contributed by atoms with Crippen LogP contribution in [0.5, 0.6) is 0 Å². The van der Waals surface area contributed by atoms with Gasteiger partial charge in [0.15, 0.2) is 11.5 Å². The second kappa shape index (κ2) is 5.79. The van der Waals surface area contributed by atoms with Gasteiger partial charge in [0.05, 0.1) is 18.2 Å². The standard InChI is InChI=1S/C17H21FN6O/c1-11(18)17(4-2-5-17)7-13(25)23-6-3-12(8-23)24-10-22-14-15(19)20-9-21-16(14)24/h9-10,12H,1-8H2,(H2,19,20,21). The normalized spacial score (nSPS) is 22.1. The molecule has 0 bridgehead atoms. The number of carbonyl (C=O) groups excluding carboxylic acids is 1. The summed E-state index contributed by atoms with van der Waals surface area (Å²) in [6, 6.07) is 0.0918. The van der Waals surface area contributed by atoms with Gasteiger partial charge in [0.2, 0.25) is 5.91 Å². The summed E-state index contributed by atoms with van der Waals surface area (Å²) in [7, 11) is 0. The van der Waals surface area contributed by atoms with Crippen molar-refractivity contribution in [1.82, 2.24) is 24.4 Å². The van der Waals surface area contributed by atoms with E-state index in [1.54, 1.807) is 6.33 Å². The third kappa shape index (κ3) is 2.56. The lowest BCUT2D eigenvalue weighted by molar-refractivity contribution is -0.133. The third-order valence-corrected chi connectivity index (χ3v) is 5.67. The van der Waals surface area contributed by atoms with Gasteiger partial charge < -0.3 is 15.2 Å². The van der Waals surface area contributed by atoms with E-state index in [9.17, 15) is 9.18 Å². The van der Waals surface area contributed by atoms with E-state index >= 15 is 0 Å². The monoisotopic (exact) mass is 344 g/mol. The molecule has 1 amide bonds. The Bertz CT molecular complexity index is 843. The first-order valence-corrected chi connectivity index (χ1v) is 8.56. The number of aromatic nitrogens is 4. The number of nitrogens with two attached hydrogens (primary N) is 1. The number of rotatable bonds is 4. The zero-order valence-corrected chi connectivity index (χ0v) is 14.0. The van der Waals surface area contributed by atoms with E-state index in [2.05, 4.69) is 21.5 Å². The van der Waals surface area contributed by atoms with Crippen molar-refractivity contribution in [2.75, 3.05) is 18.8 Å². The number of nitrogens with zero attached hydrogens (tertiary/aromatic N) is 5. The number of hydrogen-bond acceptors (Lipinski definition) is 5. The van der Waals surface area contributed by atoms with E-state index in [-0.39, 0.29) is 24.2 Å². The van der Waals surface area contributed by atoms with Crippen LogP contribution in [0.1, 0.15) is 38.1 Å². The zero-order valence-electron chi connectivity index (χ0n) is 14.0. The summed E-state index contributed by atoms with van der Waals surface area (Å²) < 4.78 is 15.7. The van der Waals surface area contributed by atoms with Gasteiger partial charge in [0.25, 0.3) is 0 Å². The van der Waals surface area contributed by atoms with Gasteiger partial charge in [-0.15, -0.1) is 0 Å². The Morgan fingerprint density at radius 2 is 2.20 bits per heavy atom. The topological polar surface area (TPSA) is 89.9 Å². The lowest BCUT2D eigenvalue weighted by Gasteiger charge is -2.40. The van der Waals surface area contributed by atoms with Crippen LogP contribution >= 0.6 is 0 Å². The molecule has 2 aromatic rings. The fourth-order valence-electron chi connectivity index (χ4n) is 3.88. The molecule has 0 spiro atoms. The maximum absolute atomic E-state index is 13.8. The first-order chi connectivity index (χ1) is 12.0. The SMILES string of the molecule is C=C(F)C1(CC(=O)N2CCC(n3cnc4c(N)ncnc43)C2)CCC1. The van der Waals surface area contributed by atoms with Crippen molar-refractivity contribution >= 4 is 22.9 Å². The van der Waals surface area contributed by atoms with Crippen molar-refractivity contribution in [3.05, 3.63) is 25.1 Å². The minimum atomic E-state index is -0.626. The second-order valence-corrected chi connectivity index (χ2v) is 7.08. The van der Waals surface area contributed by atoms with Crippen LogP contribution in [-0.2, 0) is 4.79 Å². The van der Waals surface area contributed by atoms with Crippen LogP contribution in [0, 0.1) is 5.41 Å². The van der Waals surface area contributed by atoms with Gasteiger partial charge in [-0.1, -0.05) is 13.0 Å². The van der Waals surface area contributed by atoms with Gasteiger partial charge in [0, 0.05) is 24.9 Å². The maximum Gasteiger partial charge on any atom is 0.223 e. The van der Waals surface area contributed by atoms with E-state index in [4.69, 9.17) is 5.73 Å². The summed E-state index contributed by atoms with van der Waals surface area (Å²) >= 11 is 0. The highest BCUT2D eigenvalue weighted by Crippen LogP contribution is 2.50. The maximum atomic E-state index is 13.8. The molecule has 4 rings (SSSR count). The second-order valence-electron chi connectivity index (χ2n) is 7.08. The summed E-state index contributed by atoms with van der Waals surface area (Å²) in [5.41, 5.74) is 6.46. The molecule has 1 aliphatic carbocycles. The van der Waals surface area contributed by atoms with Crippen molar-refractivity contribution in [3.8, 4) is 0 Å². The number of imidazole rings is 1. The smallest absolute Gasteiger partial charge is 0.223 e. The lowest BCUT2D eigenvalue weighted by Crippen LogP contribution is -2.38. The van der Waals surface area contributed by atoms with Gasteiger partial charge in [0.1, 0.15) is 11.8 Å². The molecule has 7 nitrogen and oxygen atoms in total. The molecule has 8 heteroatoms. The Balaban J connectivity index is 1.48. The van der Waals surface area contributed by atoms with Crippen molar-refractivity contribution < 1.29 is 9.18 Å². The van der Waals surface area contributed by atoms with Crippen molar-refractivity contribution in [1.29, 1.82) is 0 Å². The Morgan fingerprint density at radius 3 is 2.88 bits per heavy atom. The highest BCUT2D eigenvalue weighted by molar-refractivity contribution is 5.81. The fourth-order valence-corrected chi connectivity index (χ4v) is 3.88. The minimum Gasteiger partial charge on any atom is -0.382 e. The summed E-state index contributed by atoms with van der Waals surface area (Å²) in [4.78, 5) is 26.9. The number of carbonyl (C=O) groups is 1. The summed E-state index contributed by atoms with van der Waals surface area (Å²) in [6.07, 6.45) is 6.54. The van der Waals surface area contributed by atoms with Gasteiger partial charge in [-0.3, -0.25) is 4.79 Å². The first kappa shape index (κ1) is 16.0. The van der Waals surface area contributed by atoms with Gasteiger partial charge in [-0.05, 0) is 19.3 Å². The predicted octanol–water partition coefficient (Wildman–Crippen LogP) is 2.23. The number of allylic oxidation sites excluding steroid dienone is 1. The molecular formula is C17H21FN6O. The molecular weight excluding hydrogens is 323 g/mol. The first-order valence-electron chi connectivity index (χ1n) is 8.56. The number of nitrogen functional groups attached to an aromatic ring is 1. The Kier molecular flexibility index (Phi) is 3.70. The highest BCUT2D eigenvalue weighted by atomic mass is 19.1. The summed E-state index contributed by atoms with van der Waals surface area (Å²) in [5.74, 6) is -0.00162. The number of halogens is 1. The molecule has 1 atom stereocenters. The Morgan fingerprint density at radius 1 is 1.40 bits per heavy atom. The van der Waals surface area contributed by atoms with Crippen LogP contribution in [0.2, 0.25) is 0 Å². The van der Waals surface area contributed by atoms with Gasteiger partial charge in [-0.2, -0.15) is 0 Å². The number of likely N-dealkylation sites (tertiary alicyclic amines) is 1. The molecule has 2 fully saturated rings. The molecule has 2 N–H and O–H groups in total. The molecule has 2 aliphatic rings. The van der Waals surface area contributed by atoms with E-state index in [0.29, 0.717) is 42.9 Å². The van der Waals surface area contributed by atoms with Crippen LogP contribution in [0.3, 0.4) is 0 Å². The van der Waals surface area contributed by atoms with Crippen molar-refractivity contribution in [2.45, 2.75) is 38.1 Å². The van der Waals surface area contributed by atoms with E-state index in [1.807, 2.05) is 9.47 Å². The highest BCUT2D eigenvalue weighted by Gasteiger charge is 2.43. The van der Waals surface area contributed by atoms with Crippen LogP contribution in [-0.4, -0.2) is 43.4 Å². The Labute approximate surface area is 144 Å². The van der Waals surface area contributed by atoms with Crippen molar-refractivity contribution in [3.63, 3.8) is 0 Å². The molecule has 0 radical (unpaired) electrons.